The van der Waals surface area contributed by atoms with Gasteiger partial charge in [0.25, 0.3) is 0 Å². The third-order valence-corrected chi connectivity index (χ3v) is 3.57. The Bertz CT molecular complexity index is 278. The number of hydrogen-bond donors (Lipinski definition) is 2. The molecule has 0 radical (unpaired) electrons. The minimum Gasteiger partial charge on any atom is -0.377 e. The maximum absolute atomic E-state index is 5.51. The summed E-state index contributed by atoms with van der Waals surface area (Å²) in [6, 6.07) is 0.0537. The molecule has 1 heterocycles. The van der Waals surface area contributed by atoms with Crippen LogP contribution < -0.4 is 11.3 Å². The van der Waals surface area contributed by atoms with Gasteiger partial charge >= 0.3 is 0 Å². The van der Waals surface area contributed by atoms with Crippen LogP contribution in [0, 0.1) is 0 Å². The van der Waals surface area contributed by atoms with E-state index in [4.69, 9.17) is 10.6 Å². The first-order valence-corrected chi connectivity index (χ1v) is 6.18. The molecule has 0 amide bonds. The van der Waals surface area contributed by atoms with Gasteiger partial charge in [-0.15, -0.1) is 0 Å². The van der Waals surface area contributed by atoms with E-state index in [9.17, 15) is 0 Å². The van der Waals surface area contributed by atoms with Gasteiger partial charge in [0.15, 0.2) is 0 Å². The fourth-order valence-electron chi connectivity index (χ4n) is 1.06. The third-order valence-electron chi connectivity index (χ3n) is 1.82. The number of halogens is 1. The molecule has 3 N–H and O–H groups in total. The number of nitrogens with two attached hydrogens (primary N) is 1. The molecule has 0 fully saturated rings. The summed E-state index contributed by atoms with van der Waals surface area (Å²) in [6.45, 7) is 4.61. The van der Waals surface area contributed by atoms with E-state index in [1.807, 2.05) is 19.2 Å². The molecule has 0 aliphatic heterocycles. The standard InChI is InChI=1S/C9H15BrN2OS/c1-6(2)13-3-9(12-11)7-4-14-5-8(7)10/h4-6,9,12H,3,11H2,1-2H3. The van der Waals surface area contributed by atoms with Crippen LogP contribution in [0.15, 0.2) is 15.2 Å². The predicted octanol–water partition coefficient (Wildman–Crippen LogP) is 2.44. The minimum atomic E-state index is 0.0537. The molecule has 0 bridgehead atoms. The van der Waals surface area contributed by atoms with Crippen molar-refractivity contribution in [3.05, 3.63) is 20.8 Å². The van der Waals surface area contributed by atoms with Gasteiger partial charge in [0.1, 0.15) is 0 Å². The zero-order valence-electron chi connectivity index (χ0n) is 8.29. The van der Waals surface area contributed by atoms with Crippen LogP contribution in [0.1, 0.15) is 25.5 Å². The fourth-order valence-corrected chi connectivity index (χ4v) is 2.68. The Labute approximate surface area is 96.7 Å². The average Bonchev–Trinajstić information content (AvgIpc) is 2.53. The van der Waals surface area contributed by atoms with Gasteiger partial charge in [-0.1, -0.05) is 0 Å². The fraction of sp³-hybridized carbons (Fsp3) is 0.556. The van der Waals surface area contributed by atoms with E-state index in [0.29, 0.717) is 6.61 Å². The molecular weight excluding hydrogens is 264 g/mol. The first-order chi connectivity index (χ1) is 6.65. The molecule has 0 saturated heterocycles. The molecule has 0 spiro atoms. The monoisotopic (exact) mass is 278 g/mol. The summed E-state index contributed by atoms with van der Waals surface area (Å²) in [6.07, 6.45) is 0.225. The number of ether oxygens (including phenoxy) is 1. The number of hydrazine groups is 1. The highest BCUT2D eigenvalue weighted by Gasteiger charge is 2.14. The van der Waals surface area contributed by atoms with Crippen molar-refractivity contribution in [3.63, 3.8) is 0 Å². The van der Waals surface area contributed by atoms with Crippen molar-refractivity contribution in [2.75, 3.05) is 6.61 Å². The lowest BCUT2D eigenvalue weighted by Gasteiger charge is -2.17. The van der Waals surface area contributed by atoms with Gasteiger partial charge in [-0.2, -0.15) is 11.3 Å². The van der Waals surface area contributed by atoms with E-state index < -0.39 is 0 Å². The van der Waals surface area contributed by atoms with Crippen molar-refractivity contribution in [1.82, 2.24) is 5.43 Å². The molecule has 1 atom stereocenters. The van der Waals surface area contributed by atoms with Crippen molar-refractivity contribution >= 4 is 27.3 Å². The van der Waals surface area contributed by atoms with E-state index in [-0.39, 0.29) is 12.1 Å². The molecule has 0 saturated carbocycles. The lowest BCUT2D eigenvalue weighted by molar-refractivity contribution is 0.0611. The molecule has 14 heavy (non-hydrogen) atoms. The van der Waals surface area contributed by atoms with E-state index in [1.54, 1.807) is 11.3 Å². The quantitative estimate of drug-likeness (QED) is 0.643. The summed E-state index contributed by atoms with van der Waals surface area (Å²) in [5.41, 5.74) is 3.90. The van der Waals surface area contributed by atoms with Gasteiger partial charge < -0.3 is 4.74 Å². The van der Waals surface area contributed by atoms with Gasteiger partial charge in [-0.3, -0.25) is 11.3 Å². The number of thiophene rings is 1. The molecule has 1 aromatic heterocycles. The van der Waals surface area contributed by atoms with E-state index in [0.717, 1.165) is 10.0 Å². The molecule has 1 rings (SSSR count). The van der Waals surface area contributed by atoms with Crippen molar-refractivity contribution in [2.24, 2.45) is 5.84 Å². The third kappa shape index (κ3) is 3.33. The van der Waals surface area contributed by atoms with E-state index in [1.165, 1.54) is 0 Å². The number of hydrogen-bond acceptors (Lipinski definition) is 4. The van der Waals surface area contributed by atoms with E-state index >= 15 is 0 Å². The minimum absolute atomic E-state index is 0.0537. The van der Waals surface area contributed by atoms with E-state index in [2.05, 4.69) is 26.7 Å². The lowest BCUT2D eigenvalue weighted by atomic mass is 10.2. The molecular formula is C9H15BrN2OS. The van der Waals surface area contributed by atoms with Gasteiger partial charge in [0, 0.05) is 9.85 Å². The van der Waals surface area contributed by atoms with Crippen LogP contribution in [-0.2, 0) is 4.74 Å². The zero-order valence-corrected chi connectivity index (χ0v) is 10.7. The summed E-state index contributed by atoms with van der Waals surface area (Å²) in [4.78, 5) is 0. The molecule has 5 heteroatoms. The SMILES string of the molecule is CC(C)OCC(NN)c1cscc1Br. The molecule has 0 aromatic carbocycles. The molecule has 80 valence electrons. The Kier molecular flexibility index (Phi) is 5.05. The zero-order chi connectivity index (χ0) is 10.6. The molecule has 3 nitrogen and oxygen atoms in total. The van der Waals surface area contributed by atoms with Gasteiger partial charge in [0.2, 0.25) is 0 Å². The van der Waals surface area contributed by atoms with Crippen molar-refractivity contribution in [2.45, 2.75) is 26.0 Å². The Hall–Kier alpha value is 0.0600. The normalized spacial score (nSPS) is 13.5. The highest BCUT2D eigenvalue weighted by atomic mass is 79.9. The Morgan fingerprint density at radius 3 is 2.71 bits per heavy atom. The van der Waals surface area contributed by atoms with Crippen LogP contribution in [0.4, 0.5) is 0 Å². The molecule has 1 aromatic rings. The molecule has 0 aliphatic carbocycles. The first-order valence-electron chi connectivity index (χ1n) is 4.44. The lowest BCUT2D eigenvalue weighted by Crippen LogP contribution is -2.32. The maximum Gasteiger partial charge on any atom is 0.0713 e. The summed E-state index contributed by atoms with van der Waals surface area (Å²) in [7, 11) is 0. The van der Waals surface area contributed by atoms with Gasteiger partial charge in [-0.25, -0.2) is 0 Å². The average molecular weight is 279 g/mol. The van der Waals surface area contributed by atoms with Gasteiger partial charge in [0.05, 0.1) is 18.8 Å². The van der Waals surface area contributed by atoms with Crippen LogP contribution >= 0.6 is 27.3 Å². The Balaban J connectivity index is 2.58. The summed E-state index contributed by atoms with van der Waals surface area (Å²) < 4.78 is 6.60. The Morgan fingerprint density at radius 1 is 1.57 bits per heavy atom. The van der Waals surface area contributed by atoms with Crippen LogP contribution in [0.3, 0.4) is 0 Å². The smallest absolute Gasteiger partial charge is 0.0713 e. The van der Waals surface area contributed by atoms with Crippen LogP contribution in [0.25, 0.3) is 0 Å². The summed E-state index contributed by atoms with van der Waals surface area (Å²) >= 11 is 5.12. The van der Waals surface area contributed by atoms with Gasteiger partial charge in [-0.05, 0) is 40.7 Å². The molecule has 1 unspecified atom stereocenters. The van der Waals surface area contributed by atoms with Crippen LogP contribution in [-0.4, -0.2) is 12.7 Å². The van der Waals surface area contributed by atoms with Crippen molar-refractivity contribution < 1.29 is 4.74 Å². The second-order valence-electron chi connectivity index (χ2n) is 3.28. The predicted molar refractivity (Wildman–Crippen MR) is 63.2 cm³/mol. The van der Waals surface area contributed by atoms with Crippen LogP contribution in [0.5, 0.6) is 0 Å². The maximum atomic E-state index is 5.51. The summed E-state index contributed by atoms with van der Waals surface area (Å²) in [5.74, 6) is 5.47. The topological polar surface area (TPSA) is 47.3 Å². The summed E-state index contributed by atoms with van der Waals surface area (Å²) in [5, 5.41) is 4.10. The number of rotatable bonds is 5. The van der Waals surface area contributed by atoms with Crippen molar-refractivity contribution in [1.29, 1.82) is 0 Å². The largest absolute Gasteiger partial charge is 0.377 e. The van der Waals surface area contributed by atoms with Crippen molar-refractivity contribution in [3.8, 4) is 0 Å². The molecule has 0 aliphatic rings. The highest BCUT2D eigenvalue weighted by molar-refractivity contribution is 9.10. The Morgan fingerprint density at radius 2 is 2.29 bits per heavy atom. The second-order valence-corrected chi connectivity index (χ2v) is 4.87. The highest BCUT2D eigenvalue weighted by Crippen LogP contribution is 2.27. The van der Waals surface area contributed by atoms with Crippen LogP contribution in [0.2, 0.25) is 0 Å². The number of nitrogens with one attached hydrogen (secondary N) is 1. The first kappa shape index (κ1) is 12.1. The second kappa shape index (κ2) is 5.82.